The molecule has 0 unspecified atom stereocenters. The second-order valence-electron chi connectivity index (χ2n) is 5.94. The van der Waals surface area contributed by atoms with Crippen LogP contribution in [0.5, 0.6) is 0 Å². The highest BCUT2D eigenvalue weighted by atomic mass is 35.5. The lowest BCUT2D eigenvalue weighted by molar-refractivity contribution is -0.117. The third-order valence-electron chi connectivity index (χ3n) is 4.05. The van der Waals surface area contributed by atoms with Gasteiger partial charge in [0.05, 0.1) is 6.04 Å². The van der Waals surface area contributed by atoms with E-state index < -0.39 is 0 Å². The van der Waals surface area contributed by atoms with Gasteiger partial charge in [0, 0.05) is 34.4 Å². The molecule has 2 aromatic rings. The van der Waals surface area contributed by atoms with Crippen LogP contribution in [0.3, 0.4) is 0 Å². The molecule has 3 amide bonds. The summed E-state index contributed by atoms with van der Waals surface area (Å²) >= 11 is 11.8. The maximum Gasteiger partial charge on any atom is 0.319 e. The van der Waals surface area contributed by atoms with Crippen LogP contribution in [-0.2, 0) is 4.79 Å². The highest BCUT2D eigenvalue weighted by Gasteiger charge is 2.31. The predicted octanol–water partition coefficient (Wildman–Crippen LogP) is 4.23. The number of hydrogen-bond acceptors (Lipinski definition) is 2. The molecule has 0 aromatic heterocycles. The fourth-order valence-electron chi connectivity index (χ4n) is 2.75. The first-order valence-corrected chi connectivity index (χ1v) is 8.57. The molecule has 1 heterocycles. The number of nitrogens with zero attached hydrogens (tertiary/aromatic N) is 1. The Morgan fingerprint density at radius 1 is 1.12 bits per heavy atom. The standard InChI is InChI=1S/C18H17Cl2N3O2/c1-11-2-3-13(20)8-16(11)22-18(25)21-14-9-17(24)23(10-14)15-6-4-12(19)5-7-15/h2-8,14H,9-10H2,1H3,(H2,21,22,25)/t14-/m1/s1. The fourth-order valence-corrected chi connectivity index (χ4v) is 3.05. The van der Waals surface area contributed by atoms with Crippen molar-refractivity contribution in [2.24, 2.45) is 0 Å². The Bertz CT molecular complexity index is 808. The summed E-state index contributed by atoms with van der Waals surface area (Å²) in [6.45, 7) is 2.30. The summed E-state index contributed by atoms with van der Waals surface area (Å²) in [5.41, 5.74) is 2.32. The molecular weight excluding hydrogens is 361 g/mol. The van der Waals surface area contributed by atoms with E-state index in [1.165, 1.54) is 0 Å². The van der Waals surface area contributed by atoms with Crippen molar-refractivity contribution in [3.8, 4) is 0 Å². The van der Waals surface area contributed by atoms with Gasteiger partial charge in [-0.3, -0.25) is 4.79 Å². The Kier molecular flexibility index (Phi) is 5.16. The van der Waals surface area contributed by atoms with E-state index in [1.54, 1.807) is 41.3 Å². The van der Waals surface area contributed by atoms with Gasteiger partial charge in [-0.1, -0.05) is 29.3 Å². The number of carbonyl (C=O) groups excluding carboxylic acids is 2. The molecule has 1 atom stereocenters. The van der Waals surface area contributed by atoms with E-state index in [4.69, 9.17) is 23.2 Å². The molecule has 1 aliphatic rings. The molecule has 1 aliphatic heterocycles. The van der Waals surface area contributed by atoms with Gasteiger partial charge in [-0.25, -0.2) is 4.79 Å². The minimum atomic E-state index is -0.360. The first-order chi connectivity index (χ1) is 11.9. The van der Waals surface area contributed by atoms with Crippen LogP contribution in [0, 0.1) is 6.92 Å². The first-order valence-electron chi connectivity index (χ1n) is 7.82. The monoisotopic (exact) mass is 377 g/mol. The van der Waals surface area contributed by atoms with E-state index in [-0.39, 0.29) is 24.4 Å². The Balaban J connectivity index is 1.62. The van der Waals surface area contributed by atoms with Gasteiger partial charge in [-0.15, -0.1) is 0 Å². The zero-order valence-corrected chi connectivity index (χ0v) is 15.1. The van der Waals surface area contributed by atoms with Crippen LogP contribution >= 0.6 is 23.2 Å². The van der Waals surface area contributed by atoms with Crippen LogP contribution in [0.4, 0.5) is 16.2 Å². The van der Waals surface area contributed by atoms with Crippen molar-refractivity contribution in [1.82, 2.24) is 5.32 Å². The first kappa shape index (κ1) is 17.6. The molecule has 3 rings (SSSR count). The SMILES string of the molecule is Cc1ccc(Cl)cc1NC(=O)N[C@@H]1CC(=O)N(c2ccc(Cl)cc2)C1. The number of aryl methyl sites for hydroxylation is 1. The van der Waals surface area contributed by atoms with Crippen LogP contribution in [0.25, 0.3) is 0 Å². The molecule has 2 N–H and O–H groups in total. The normalized spacial score (nSPS) is 16.8. The van der Waals surface area contributed by atoms with Gasteiger partial charge in [-0.05, 0) is 48.9 Å². The molecule has 1 fully saturated rings. The van der Waals surface area contributed by atoms with Crippen molar-refractivity contribution in [1.29, 1.82) is 0 Å². The Labute approximate surface area is 155 Å². The third-order valence-corrected chi connectivity index (χ3v) is 4.53. The smallest absolute Gasteiger partial charge is 0.319 e. The number of benzene rings is 2. The highest BCUT2D eigenvalue weighted by molar-refractivity contribution is 6.31. The van der Waals surface area contributed by atoms with Crippen LogP contribution in [0.1, 0.15) is 12.0 Å². The minimum absolute atomic E-state index is 0.0356. The van der Waals surface area contributed by atoms with Gasteiger partial charge >= 0.3 is 6.03 Å². The van der Waals surface area contributed by atoms with E-state index in [0.717, 1.165) is 11.3 Å². The van der Waals surface area contributed by atoms with E-state index in [1.807, 2.05) is 13.0 Å². The number of carbonyl (C=O) groups is 2. The van der Waals surface area contributed by atoms with Crippen molar-refractivity contribution in [3.05, 3.63) is 58.1 Å². The predicted molar refractivity (Wildman–Crippen MR) is 101 cm³/mol. The quantitative estimate of drug-likeness (QED) is 0.840. The molecule has 0 aliphatic carbocycles. The average molecular weight is 378 g/mol. The number of nitrogens with one attached hydrogen (secondary N) is 2. The van der Waals surface area contributed by atoms with E-state index in [2.05, 4.69) is 10.6 Å². The van der Waals surface area contributed by atoms with E-state index >= 15 is 0 Å². The zero-order chi connectivity index (χ0) is 18.0. The summed E-state index contributed by atoms with van der Waals surface area (Å²) in [5.74, 6) is -0.0356. The third kappa shape index (κ3) is 4.24. The maximum absolute atomic E-state index is 12.2. The van der Waals surface area contributed by atoms with Gasteiger partial charge in [0.1, 0.15) is 0 Å². The van der Waals surface area contributed by atoms with Crippen LogP contribution in [-0.4, -0.2) is 24.5 Å². The molecule has 130 valence electrons. The summed E-state index contributed by atoms with van der Waals surface area (Å²) < 4.78 is 0. The van der Waals surface area contributed by atoms with Crippen LogP contribution in [0.15, 0.2) is 42.5 Å². The van der Waals surface area contributed by atoms with Gasteiger partial charge in [0.25, 0.3) is 0 Å². The summed E-state index contributed by atoms with van der Waals surface area (Å²) in [5, 5.41) is 6.77. The molecule has 0 saturated carbocycles. The molecule has 0 spiro atoms. The molecule has 25 heavy (non-hydrogen) atoms. The molecule has 7 heteroatoms. The van der Waals surface area contributed by atoms with Crippen molar-refractivity contribution in [3.63, 3.8) is 0 Å². The van der Waals surface area contributed by atoms with Crippen molar-refractivity contribution >= 4 is 46.5 Å². The molecule has 0 radical (unpaired) electrons. The number of anilines is 2. The number of rotatable bonds is 3. The summed E-state index contributed by atoms with van der Waals surface area (Å²) in [4.78, 5) is 26.1. The lowest BCUT2D eigenvalue weighted by Crippen LogP contribution is -2.39. The van der Waals surface area contributed by atoms with Gasteiger partial charge in [0.2, 0.25) is 5.91 Å². The van der Waals surface area contributed by atoms with Gasteiger partial charge in [-0.2, -0.15) is 0 Å². The number of halogens is 2. The minimum Gasteiger partial charge on any atom is -0.333 e. The van der Waals surface area contributed by atoms with Crippen LogP contribution < -0.4 is 15.5 Å². The second-order valence-corrected chi connectivity index (χ2v) is 6.81. The Morgan fingerprint density at radius 3 is 2.52 bits per heavy atom. The van der Waals surface area contributed by atoms with E-state index in [0.29, 0.717) is 22.3 Å². The maximum atomic E-state index is 12.2. The molecular formula is C18H17Cl2N3O2. The lowest BCUT2D eigenvalue weighted by Gasteiger charge is -2.18. The summed E-state index contributed by atoms with van der Waals surface area (Å²) in [6, 6.07) is 11.7. The number of urea groups is 1. The molecule has 5 nitrogen and oxygen atoms in total. The number of amides is 3. The zero-order valence-electron chi connectivity index (χ0n) is 13.6. The van der Waals surface area contributed by atoms with Crippen LogP contribution in [0.2, 0.25) is 10.0 Å². The van der Waals surface area contributed by atoms with E-state index in [9.17, 15) is 9.59 Å². The second kappa shape index (κ2) is 7.33. The largest absolute Gasteiger partial charge is 0.333 e. The highest BCUT2D eigenvalue weighted by Crippen LogP contribution is 2.24. The summed E-state index contributed by atoms with van der Waals surface area (Å²) in [7, 11) is 0. The Hall–Kier alpha value is -2.24. The van der Waals surface area contributed by atoms with Crippen molar-refractivity contribution < 1.29 is 9.59 Å². The lowest BCUT2D eigenvalue weighted by atomic mass is 10.2. The number of hydrogen-bond donors (Lipinski definition) is 2. The molecule has 2 aromatic carbocycles. The average Bonchev–Trinajstić information content (AvgIpc) is 2.92. The topological polar surface area (TPSA) is 61.4 Å². The summed E-state index contributed by atoms with van der Waals surface area (Å²) in [6.07, 6.45) is 0.255. The molecule has 1 saturated heterocycles. The Morgan fingerprint density at radius 2 is 1.80 bits per heavy atom. The van der Waals surface area contributed by atoms with Crippen molar-refractivity contribution in [2.45, 2.75) is 19.4 Å². The molecule has 0 bridgehead atoms. The van der Waals surface area contributed by atoms with Gasteiger partial charge in [0.15, 0.2) is 0 Å². The van der Waals surface area contributed by atoms with Crippen molar-refractivity contribution in [2.75, 3.05) is 16.8 Å². The van der Waals surface area contributed by atoms with Gasteiger partial charge < -0.3 is 15.5 Å². The fraction of sp³-hybridized carbons (Fsp3) is 0.222.